The quantitative estimate of drug-likeness (QED) is 0.789. The molecule has 1 saturated heterocycles. The first-order valence-corrected chi connectivity index (χ1v) is 6.96. The van der Waals surface area contributed by atoms with E-state index in [1.54, 1.807) is 6.20 Å². The molecule has 0 spiro atoms. The molecule has 2 heterocycles. The van der Waals surface area contributed by atoms with E-state index < -0.39 is 0 Å². The number of aromatic nitrogens is 1. The second-order valence-electron chi connectivity index (χ2n) is 4.79. The lowest BCUT2D eigenvalue weighted by Crippen LogP contribution is -2.58. The Morgan fingerprint density at radius 1 is 1.45 bits per heavy atom. The van der Waals surface area contributed by atoms with Crippen molar-refractivity contribution < 1.29 is 9.59 Å². The summed E-state index contributed by atoms with van der Waals surface area (Å²) in [5.74, 6) is 0.265. The van der Waals surface area contributed by atoms with Crippen LogP contribution in [0.15, 0.2) is 18.3 Å². The van der Waals surface area contributed by atoms with E-state index in [-0.39, 0.29) is 24.4 Å². The lowest BCUT2D eigenvalue weighted by molar-refractivity contribution is -0.132. The summed E-state index contributed by atoms with van der Waals surface area (Å²) in [7, 11) is 0. The van der Waals surface area contributed by atoms with Gasteiger partial charge in [0.25, 0.3) is 0 Å². The van der Waals surface area contributed by atoms with Crippen molar-refractivity contribution in [3.8, 4) is 0 Å². The molecule has 1 aromatic rings. The average molecular weight is 276 g/mol. The molecule has 1 aliphatic heterocycles. The Kier molecular flexibility index (Phi) is 4.55. The zero-order chi connectivity index (χ0) is 14.5. The van der Waals surface area contributed by atoms with Crippen LogP contribution in [-0.2, 0) is 9.59 Å². The monoisotopic (exact) mass is 276 g/mol. The minimum Gasteiger partial charge on any atom is -0.370 e. The highest BCUT2D eigenvalue weighted by Crippen LogP contribution is 2.22. The van der Waals surface area contributed by atoms with Crippen LogP contribution in [0.3, 0.4) is 0 Å². The third-order valence-corrected chi connectivity index (χ3v) is 3.27. The molecule has 0 aromatic carbocycles. The van der Waals surface area contributed by atoms with E-state index in [1.165, 1.54) is 0 Å². The van der Waals surface area contributed by atoms with E-state index in [0.29, 0.717) is 6.42 Å². The van der Waals surface area contributed by atoms with Crippen LogP contribution in [0.1, 0.15) is 26.7 Å². The molecule has 2 N–H and O–H groups in total. The molecule has 1 aliphatic rings. The standard InChI is InChI=1S/C14H20N4O2/c1-3-6-15-12-8-10(5-7-16-12)18-9-13(19)17-14(20)11(18)4-2/h5,7-8,11H,3-4,6,9H2,1-2H3,(H,15,16)(H,17,19,20). The highest BCUT2D eigenvalue weighted by molar-refractivity contribution is 6.04. The fraction of sp³-hybridized carbons (Fsp3) is 0.500. The molecule has 0 radical (unpaired) electrons. The van der Waals surface area contributed by atoms with Crippen LogP contribution < -0.4 is 15.5 Å². The molecule has 20 heavy (non-hydrogen) atoms. The Labute approximate surface area is 118 Å². The smallest absolute Gasteiger partial charge is 0.249 e. The van der Waals surface area contributed by atoms with E-state index >= 15 is 0 Å². The highest BCUT2D eigenvalue weighted by Gasteiger charge is 2.32. The molecule has 1 aromatic heterocycles. The molecule has 6 nitrogen and oxygen atoms in total. The summed E-state index contributed by atoms with van der Waals surface area (Å²) < 4.78 is 0. The zero-order valence-corrected chi connectivity index (χ0v) is 11.8. The molecule has 2 amide bonds. The molecule has 108 valence electrons. The van der Waals surface area contributed by atoms with E-state index in [0.717, 1.165) is 24.5 Å². The lowest BCUT2D eigenvalue weighted by atomic mass is 10.1. The van der Waals surface area contributed by atoms with Gasteiger partial charge in [-0.2, -0.15) is 0 Å². The van der Waals surface area contributed by atoms with Crippen molar-refractivity contribution in [1.29, 1.82) is 0 Å². The molecule has 2 rings (SSSR count). The van der Waals surface area contributed by atoms with Crippen LogP contribution in [0.5, 0.6) is 0 Å². The summed E-state index contributed by atoms with van der Waals surface area (Å²) in [4.78, 5) is 29.5. The van der Waals surface area contributed by atoms with Gasteiger partial charge in [-0.05, 0) is 18.9 Å². The first-order valence-electron chi connectivity index (χ1n) is 6.96. The van der Waals surface area contributed by atoms with Crippen LogP contribution in [0, 0.1) is 0 Å². The van der Waals surface area contributed by atoms with Crippen molar-refractivity contribution in [2.24, 2.45) is 0 Å². The third-order valence-electron chi connectivity index (χ3n) is 3.27. The van der Waals surface area contributed by atoms with Gasteiger partial charge in [-0.25, -0.2) is 4.98 Å². The minimum absolute atomic E-state index is 0.196. The van der Waals surface area contributed by atoms with E-state index in [4.69, 9.17) is 0 Å². The molecule has 0 saturated carbocycles. The fourth-order valence-electron chi connectivity index (χ4n) is 2.29. The highest BCUT2D eigenvalue weighted by atomic mass is 16.2. The van der Waals surface area contributed by atoms with Gasteiger partial charge in [0, 0.05) is 24.5 Å². The average Bonchev–Trinajstić information content (AvgIpc) is 2.44. The predicted molar refractivity (Wildman–Crippen MR) is 77.6 cm³/mol. The summed E-state index contributed by atoms with van der Waals surface area (Å²) in [5, 5.41) is 5.58. The van der Waals surface area contributed by atoms with Gasteiger partial charge in [0.2, 0.25) is 11.8 Å². The largest absolute Gasteiger partial charge is 0.370 e. The Balaban J connectivity index is 2.23. The number of anilines is 2. The number of piperazine rings is 1. The lowest BCUT2D eigenvalue weighted by Gasteiger charge is -2.35. The molecule has 1 fully saturated rings. The first-order chi connectivity index (χ1) is 9.65. The van der Waals surface area contributed by atoms with Gasteiger partial charge in [0.1, 0.15) is 11.9 Å². The predicted octanol–water partition coefficient (Wildman–Crippen LogP) is 1.14. The maximum Gasteiger partial charge on any atom is 0.249 e. The maximum absolute atomic E-state index is 11.9. The van der Waals surface area contributed by atoms with E-state index in [1.807, 2.05) is 24.0 Å². The summed E-state index contributed by atoms with van der Waals surface area (Å²) in [6, 6.07) is 3.39. The summed E-state index contributed by atoms with van der Waals surface area (Å²) in [5.41, 5.74) is 0.841. The number of amides is 2. The maximum atomic E-state index is 11.9. The SMILES string of the molecule is CCCNc1cc(N2CC(=O)NC(=O)C2CC)ccn1. The number of rotatable bonds is 5. The van der Waals surface area contributed by atoms with Crippen LogP contribution >= 0.6 is 0 Å². The van der Waals surface area contributed by atoms with Crippen molar-refractivity contribution in [3.05, 3.63) is 18.3 Å². The van der Waals surface area contributed by atoms with Crippen LogP contribution in [-0.4, -0.2) is 35.9 Å². The van der Waals surface area contributed by atoms with E-state index in [2.05, 4.69) is 22.5 Å². The zero-order valence-electron chi connectivity index (χ0n) is 11.8. The Morgan fingerprint density at radius 3 is 2.95 bits per heavy atom. The van der Waals surface area contributed by atoms with Crippen molar-refractivity contribution in [3.63, 3.8) is 0 Å². The van der Waals surface area contributed by atoms with Crippen LogP contribution in [0.25, 0.3) is 0 Å². The number of carbonyl (C=O) groups is 2. The Morgan fingerprint density at radius 2 is 2.25 bits per heavy atom. The summed E-state index contributed by atoms with van der Waals surface area (Å²) in [6.07, 6.45) is 3.35. The van der Waals surface area contributed by atoms with Gasteiger partial charge in [-0.3, -0.25) is 14.9 Å². The number of nitrogens with zero attached hydrogens (tertiary/aromatic N) is 2. The van der Waals surface area contributed by atoms with Gasteiger partial charge in [0.15, 0.2) is 0 Å². The molecule has 6 heteroatoms. The van der Waals surface area contributed by atoms with Crippen molar-refractivity contribution in [1.82, 2.24) is 10.3 Å². The van der Waals surface area contributed by atoms with Gasteiger partial charge < -0.3 is 10.2 Å². The molecular formula is C14H20N4O2. The Bertz CT molecular complexity index is 504. The molecule has 1 atom stereocenters. The topological polar surface area (TPSA) is 74.3 Å². The summed E-state index contributed by atoms with van der Waals surface area (Å²) in [6.45, 7) is 5.05. The van der Waals surface area contributed by atoms with Crippen LogP contribution in [0.2, 0.25) is 0 Å². The van der Waals surface area contributed by atoms with E-state index in [9.17, 15) is 9.59 Å². The number of hydrogen-bond donors (Lipinski definition) is 2. The number of imide groups is 1. The number of nitrogens with one attached hydrogen (secondary N) is 2. The van der Waals surface area contributed by atoms with Gasteiger partial charge in [-0.15, -0.1) is 0 Å². The second kappa shape index (κ2) is 6.36. The second-order valence-corrected chi connectivity index (χ2v) is 4.79. The number of hydrogen-bond acceptors (Lipinski definition) is 5. The summed E-state index contributed by atoms with van der Waals surface area (Å²) >= 11 is 0. The number of pyridine rings is 1. The normalized spacial score (nSPS) is 18.9. The van der Waals surface area contributed by atoms with Crippen LogP contribution in [0.4, 0.5) is 11.5 Å². The van der Waals surface area contributed by atoms with Gasteiger partial charge >= 0.3 is 0 Å². The minimum atomic E-state index is -0.311. The number of carbonyl (C=O) groups excluding carboxylic acids is 2. The third kappa shape index (κ3) is 3.07. The van der Waals surface area contributed by atoms with Crippen molar-refractivity contribution in [2.75, 3.05) is 23.3 Å². The molecular weight excluding hydrogens is 256 g/mol. The molecule has 0 bridgehead atoms. The van der Waals surface area contributed by atoms with Gasteiger partial charge in [-0.1, -0.05) is 13.8 Å². The van der Waals surface area contributed by atoms with Crippen molar-refractivity contribution in [2.45, 2.75) is 32.7 Å². The molecule has 0 aliphatic carbocycles. The Hall–Kier alpha value is -2.11. The van der Waals surface area contributed by atoms with Crippen molar-refractivity contribution >= 4 is 23.3 Å². The first kappa shape index (κ1) is 14.3. The van der Waals surface area contributed by atoms with Gasteiger partial charge in [0.05, 0.1) is 6.54 Å². The fourth-order valence-corrected chi connectivity index (χ4v) is 2.29. The molecule has 1 unspecified atom stereocenters.